The molecule has 0 aromatic heterocycles. The van der Waals surface area contributed by atoms with E-state index in [0.717, 1.165) is 33.7 Å². The summed E-state index contributed by atoms with van der Waals surface area (Å²) < 4.78 is 5.67. The Hall–Kier alpha value is -2.52. The summed E-state index contributed by atoms with van der Waals surface area (Å²) >= 11 is 6.00. The van der Waals surface area contributed by atoms with Crippen LogP contribution < -0.4 is 10.1 Å². The van der Waals surface area contributed by atoms with Crippen molar-refractivity contribution >= 4 is 29.3 Å². The molecule has 0 bridgehead atoms. The fraction of sp³-hybridized carbons (Fsp3) is 0.150. The summed E-state index contributed by atoms with van der Waals surface area (Å²) in [5.74, 6) is 0.637. The van der Waals surface area contributed by atoms with Gasteiger partial charge in [-0.25, -0.2) is 0 Å². The van der Waals surface area contributed by atoms with E-state index >= 15 is 0 Å². The average molecular weight is 340 g/mol. The summed E-state index contributed by atoms with van der Waals surface area (Å²) in [6.07, 6.45) is 5.27. The highest BCUT2D eigenvalue weighted by molar-refractivity contribution is 6.30. The van der Waals surface area contributed by atoms with Gasteiger partial charge in [0.15, 0.2) is 0 Å². The second-order valence-corrected chi connectivity index (χ2v) is 6.20. The first kappa shape index (κ1) is 16.3. The number of halogens is 1. The minimum atomic E-state index is -0.165. The van der Waals surface area contributed by atoms with Crippen molar-refractivity contribution in [2.45, 2.75) is 13.8 Å². The largest absolute Gasteiger partial charge is 0.488 e. The zero-order valence-corrected chi connectivity index (χ0v) is 14.4. The quantitative estimate of drug-likeness (QED) is 0.805. The number of aryl methyl sites for hydroxylation is 1. The van der Waals surface area contributed by atoms with Crippen molar-refractivity contribution in [2.75, 3.05) is 11.9 Å². The number of amides is 1. The van der Waals surface area contributed by atoms with Crippen LogP contribution in [0.15, 0.2) is 54.1 Å². The van der Waals surface area contributed by atoms with Crippen LogP contribution in [0.2, 0.25) is 5.02 Å². The number of ether oxygens (including phenoxy) is 1. The average Bonchev–Trinajstić information content (AvgIpc) is 2.57. The Morgan fingerprint density at radius 1 is 1.25 bits per heavy atom. The Kier molecular flexibility index (Phi) is 4.72. The molecule has 122 valence electrons. The van der Waals surface area contributed by atoms with Crippen LogP contribution >= 0.6 is 11.6 Å². The van der Waals surface area contributed by atoms with Gasteiger partial charge in [0.05, 0.1) is 0 Å². The van der Waals surface area contributed by atoms with Gasteiger partial charge in [-0.2, -0.15) is 0 Å². The molecule has 0 atom stereocenters. The number of fused-ring (bicyclic) bond motifs is 1. The summed E-state index contributed by atoms with van der Waals surface area (Å²) in [5, 5.41) is 3.56. The highest BCUT2D eigenvalue weighted by Crippen LogP contribution is 2.29. The lowest BCUT2D eigenvalue weighted by Gasteiger charge is -2.16. The third kappa shape index (κ3) is 3.69. The van der Waals surface area contributed by atoms with Crippen molar-refractivity contribution in [3.05, 3.63) is 75.8 Å². The lowest BCUT2D eigenvalue weighted by atomic mass is 10.1. The third-order valence-corrected chi connectivity index (χ3v) is 4.25. The lowest BCUT2D eigenvalue weighted by Crippen LogP contribution is -2.10. The first-order valence-corrected chi connectivity index (χ1v) is 8.09. The van der Waals surface area contributed by atoms with Gasteiger partial charge in [0.2, 0.25) is 5.91 Å². The van der Waals surface area contributed by atoms with Crippen molar-refractivity contribution in [1.29, 1.82) is 0 Å². The maximum atomic E-state index is 12.1. The highest BCUT2D eigenvalue weighted by atomic mass is 35.5. The number of hydrogen-bond acceptors (Lipinski definition) is 2. The standard InChI is InChI=1S/C20H18ClNO2/c1-13-4-3-5-18(14(13)2)22-20(23)9-6-15-10-16-11-17(21)7-8-19(16)24-12-15/h3-11H,12H2,1-2H3,(H,22,23)/b9-6+. The predicted molar refractivity (Wildman–Crippen MR) is 98.6 cm³/mol. The molecule has 2 aromatic rings. The van der Waals surface area contributed by atoms with E-state index in [1.54, 1.807) is 12.1 Å². The van der Waals surface area contributed by atoms with Crippen molar-refractivity contribution in [3.8, 4) is 5.75 Å². The Bertz CT molecular complexity index is 853. The summed E-state index contributed by atoms with van der Waals surface area (Å²) in [6, 6.07) is 11.3. The van der Waals surface area contributed by atoms with Gasteiger partial charge in [-0.3, -0.25) is 4.79 Å². The summed E-state index contributed by atoms with van der Waals surface area (Å²) in [7, 11) is 0. The Morgan fingerprint density at radius 2 is 2.08 bits per heavy atom. The van der Waals surface area contributed by atoms with Crippen molar-refractivity contribution < 1.29 is 9.53 Å². The van der Waals surface area contributed by atoms with E-state index in [-0.39, 0.29) is 5.91 Å². The molecule has 1 N–H and O–H groups in total. The van der Waals surface area contributed by atoms with E-state index in [4.69, 9.17) is 16.3 Å². The summed E-state index contributed by atoms with van der Waals surface area (Å²) in [4.78, 5) is 12.1. The van der Waals surface area contributed by atoms with Crippen LogP contribution in [0.4, 0.5) is 5.69 Å². The molecule has 0 aliphatic carbocycles. The first-order valence-electron chi connectivity index (χ1n) is 7.71. The molecule has 0 radical (unpaired) electrons. The number of anilines is 1. The molecule has 24 heavy (non-hydrogen) atoms. The van der Waals surface area contributed by atoms with E-state index in [1.807, 2.05) is 50.3 Å². The fourth-order valence-electron chi connectivity index (χ4n) is 2.51. The zero-order valence-electron chi connectivity index (χ0n) is 13.6. The first-order chi connectivity index (χ1) is 11.5. The zero-order chi connectivity index (χ0) is 17.1. The van der Waals surface area contributed by atoms with Crippen LogP contribution in [-0.4, -0.2) is 12.5 Å². The van der Waals surface area contributed by atoms with Gasteiger partial charge < -0.3 is 10.1 Å². The second-order valence-electron chi connectivity index (χ2n) is 5.76. The van der Waals surface area contributed by atoms with Gasteiger partial charge in [-0.1, -0.05) is 29.8 Å². The van der Waals surface area contributed by atoms with Crippen molar-refractivity contribution in [1.82, 2.24) is 0 Å². The molecule has 0 saturated heterocycles. The molecule has 3 nitrogen and oxygen atoms in total. The molecule has 0 unspecified atom stereocenters. The molecular formula is C20H18ClNO2. The molecular weight excluding hydrogens is 322 g/mol. The maximum absolute atomic E-state index is 12.1. The van der Waals surface area contributed by atoms with E-state index in [9.17, 15) is 4.79 Å². The van der Waals surface area contributed by atoms with Crippen LogP contribution in [0.5, 0.6) is 5.75 Å². The molecule has 1 aliphatic rings. The smallest absolute Gasteiger partial charge is 0.248 e. The van der Waals surface area contributed by atoms with Gasteiger partial charge in [-0.05, 0) is 60.9 Å². The third-order valence-electron chi connectivity index (χ3n) is 4.02. The van der Waals surface area contributed by atoms with Gasteiger partial charge in [0.25, 0.3) is 0 Å². The van der Waals surface area contributed by atoms with E-state index in [1.165, 1.54) is 6.08 Å². The second kappa shape index (κ2) is 6.93. The molecule has 1 heterocycles. The SMILES string of the molecule is Cc1cccc(NC(=O)/C=C/C2=Cc3cc(Cl)ccc3OC2)c1C. The topological polar surface area (TPSA) is 38.3 Å². The van der Waals surface area contributed by atoms with Gasteiger partial charge in [0, 0.05) is 22.3 Å². The lowest BCUT2D eigenvalue weighted by molar-refractivity contribution is -0.111. The van der Waals surface area contributed by atoms with Crippen molar-refractivity contribution in [2.24, 2.45) is 0 Å². The normalized spacial score (nSPS) is 13.2. The number of carbonyl (C=O) groups is 1. The molecule has 0 fully saturated rings. The molecule has 1 amide bonds. The van der Waals surface area contributed by atoms with Crippen LogP contribution in [0.1, 0.15) is 16.7 Å². The molecule has 3 rings (SSSR count). The Balaban J connectivity index is 1.72. The van der Waals surface area contributed by atoms with E-state index in [2.05, 4.69) is 5.32 Å². The van der Waals surface area contributed by atoms with Crippen LogP contribution in [0, 0.1) is 13.8 Å². The number of rotatable bonds is 3. The maximum Gasteiger partial charge on any atom is 0.248 e. The number of nitrogens with one attached hydrogen (secondary N) is 1. The van der Waals surface area contributed by atoms with Crippen LogP contribution in [-0.2, 0) is 4.79 Å². The van der Waals surface area contributed by atoms with Gasteiger partial charge in [-0.15, -0.1) is 0 Å². The highest BCUT2D eigenvalue weighted by Gasteiger charge is 2.10. The Morgan fingerprint density at radius 3 is 2.92 bits per heavy atom. The molecule has 1 aliphatic heterocycles. The van der Waals surface area contributed by atoms with Crippen LogP contribution in [0.3, 0.4) is 0 Å². The fourth-order valence-corrected chi connectivity index (χ4v) is 2.69. The number of carbonyl (C=O) groups excluding carboxylic acids is 1. The molecule has 2 aromatic carbocycles. The molecule has 0 saturated carbocycles. The number of benzene rings is 2. The van der Waals surface area contributed by atoms with Gasteiger partial charge >= 0.3 is 0 Å². The minimum Gasteiger partial charge on any atom is -0.488 e. The van der Waals surface area contributed by atoms with E-state index in [0.29, 0.717) is 11.6 Å². The van der Waals surface area contributed by atoms with Gasteiger partial charge in [0.1, 0.15) is 12.4 Å². The minimum absolute atomic E-state index is 0.165. The van der Waals surface area contributed by atoms with Crippen molar-refractivity contribution in [3.63, 3.8) is 0 Å². The molecule has 0 spiro atoms. The molecule has 4 heteroatoms. The van der Waals surface area contributed by atoms with E-state index < -0.39 is 0 Å². The Labute approximate surface area is 146 Å². The predicted octanol–water partition coefficient (Wildman–Crippen LogP) is 4.93. The number of hydrogen-bond donors (Lipinski definition) is 1. The van der Waals surface area contributed by atoms with Crippen LogP contribution in [0.25, 0.3) is 6.08 Å². The summed E-state index contributed by atoms with van der Waals surface area (Å²) in [5.41, 5.74) is 4.89. The monoisotopic (exact) mass is 339 g/mol. The summed E-state index contributed by atoms with van der Waals surface area (Å²) in [6.45, 7) is 4.45.